The van der Waals surface area contributed by atoms with E-state index in [0.717, 1.165) is 29.5 Å². The van der Waals surface area contributed by atoms with Crippen LogP contribution in [0.4, 0.5) is 0 Å². The van der Waals surface area contributed by atoms with Crippen molar-refractivity contribution in [1.82, 2.24) is 10.2 Å². The maximum absolute atomic E-state index is 13.7. The largest absolute Gasteiger partial charge is 0.354 e. The topological polar surface area (TPSA) is 49.4 Å². The zero-order valence-electron chi connectivity index (χ0n) is 19.6. The maximum atomic E-state index is 13.7. The molecule has 3 aromatic carbocycles. The van der Waals surface area contributed by atoms with Gasteiger partial charge in [0.1, 0.15) is 6.04 Å². The molecular weight excluding hydrogens is 503 g/mol. The predicted molar refractivity (Wildman–Crippen MR) is 144 cm³/mol. The fourth-order valence-electron chi connectivity index (χ4n) is 3.77. The van der Waals surface area contributed by atoms with E-state index in [1.807, 2.05) is 42.5 Å². The van der Waals surface area contributed by atoms with E-state index in [1.54, 1.807) is 35.2 Å². The van der Waals surface area contributed by atoms with Gasteiger partial charge in [-0.2, -0.15) is 0 Å². The Morgan fingerprint density at radius 1 is 0.886 bits per heavy atom. The average molecular weight is 532 g/mol. The van der Waals surface area contributed by atoms with Crippen LogP contribution in [-0.2, 0) is 29.0 Å². The Bertz CT molecular complexity index is 1120. The Hall–Kier alpha value is -2.53. The number of nitrogens with zero attached hydrogens (tertiary/aromatic N) is 1. The summed E-state index contributed by atoms with van der Waals surface area (Å²) in [6.07, 6.45) is 2.35. The zero-order valence-corrected chi connectivity index (χ0v) is 21.9. The monoisotopic (exact) mass is 530 g/mol. The molecule has 184 valence electrons. The first-order valence-corrected chi connectivity index (χ1v) is 12.8. The Labute approximate surface area is 222 Å². The molecule has 0 aliphatic rings. The highest BCUT2D eigenvalue weighted by Gasteiger charge is 2.30. The number of hydrogen-bond donors (Lipinski definition) is 1. The quantitative estimate of drug-likeness (QED) is 0.278. The van der Waals surface area contributed by atoms with E-state index < -0.39 is 6.04 Å². The molecule has 0 aliphatic carbocycles. The first kappa shape index (κ1) is 27.1. The summed E-state index contributed by atoms with van der Waals surface area (Å²) in [4.78, 5) is 28.7. The maximum Gasteiger partial charge on any atom is 0.243 e. The van der Waals surface area contributed by atoms with Crippen LogP contribution in [0.3, 0.4) is 0 Å². The number of amides is 2. The van der Waals surface area contributed by atoms with E-state index >= 15 is 0 Å². The normalized spacial score (nSPS) is 11.7. The zero-order chi connectivity index (χ0) is 25.2. The summed E-state index contributed by atoms with van der Waals surface area (Å²) < 4.78 is 0. The lowest BCUT2D eigenvalue weighted by molar-refractivity contribution is -0.140. The fourth-order valence-corrected chi connectivity index (χ4v) is 4.37. The third-order valence-corrected chi connectivity index (χ3v) is 6.56. The second kappa shape index (κ2) is 13.5. The molecule has 3 rings (SSSR count). The molecule has 0 saturated heterocycles. The Morgan fingerprint density at radius 3 is 2.23 bits per heavy atom. The van der Waals surface area contributed by atoms with Gasteiger partial charge in [0.2, 0.25) is 11.8 Å². The van der Waals surface area contributed by atoms with E-state index in [9.17, 15) is 9.59 Å². The van der Waals surface area contributed by atoms with Gasteiger partial charge >= 0.3 is 0 Å². The molecular formula is C28H29Cl3N2O2. The number of carbonyl (C=O) groups is 2. The highest BCUT2D eigenvalue weighted by Crippen LogP contribution is 2.25. The van der Waals surface area contributed by atoms with Gasteiger partial charge in [-0.15, -0.1) is 0 Å². The number of carbonyl (C=O) groups excluding carboxylic acids is 2. The summed E-state index contributed by atoms with van der Waals surface area (Å²) in [6.45, 7) is 2.81. The van der Waals surface area contributed by atoms with Gasteiger partial charge in [0, 0.05) is 34.6 Å². The summed E-state index contributed by atoms with van der Waals surface area (Å²) >= 11 is 18.6. The van der Waals surface area contributed by atoms with Gasteiger partial charge in [-0.1, -0.05) is 96.7 Å². The minimum Gasteiger partial charge on any atom is -0.354 e. The molecule has 35 heavy (non-hydrogen) atoms. The smallest absolute Gasteiger partial charge is 0.243 e. The van der Waals surface area contributed by atoms with Crippen molar-refractivity contribution in [3.05, 3.63) is 105 Å². The van der Waals surface area contributed by atoms with Crippen LogP contribution in [0.25, 0.3) is 0 Å². The number of halogens is 3. The Morgan fingerprint density at radius 2 is 1.57 bits per heavy atom. The summed E-state index contributed by atoms with van der Waals surface area (Å²) in [7, 11) is 0. The minimum absolute atomic E-state index is 0.135. The molecule has 3 aromatic rings. The van der Waals surface area contributed by atoms with Crippen LogP contribution in [0.15, 0.2) is 72.8 Å². The predicted octanol–water partition coefficient (Wildman–Crippen LogP) is 6.75. The van der Waals surface area contributed by atoms with Crippen LogP contribution in [-0.4, -0.2) is 29.3 Å². The standard InChI is InChI=1S/C28H29Cl3N2O2/c1-2-3-15-32-28(35)26(16-20-7-5-4-6-8-20)33(19-22-11-14-24(30)18-25(22)31)27(34)17-21-9-12-23(29)13-10-21/h4-14,18,26H,2-3,15-17,19H2,1H3,(H,32,35)/t26-/m0/s1. The summed E-state index contributed by atoms with van der Waals surface area (Å²) in [5, 5.41) is 4.58. The molecule has 0 heterocycles. The molecule has 1 N–H and O–H groups in total. The van der Waals surface area contributed by atoms with Gasteiger partial charge < -0.3 is 10.2 Å². The molecule has 0 bridgehead atoms. The van der Waals surface area contributed by atoms with Crippen LogP contribution in [0.5, 0.6) is 0 Å². The van der Waals surface area contributed by atoms with Crippen LogP contribution in [0, 0.1) is 0 Å². The van der Waals surface area contributed by atoms with Crippen LogP contribution in [0.2, 0.25) is 15.1 Å². The Balaban J connectivity index is 1.96. The van der Waals surface area contributed by atoms with E-state index in [1.165, 1.54) is 0 Å². The lowest BCUT2D eigenvalue weighted by Crippen LogP contribution is -2.51. The number of unbranched alkanes of at least 4 members (excludes halogenated alkanes) is 1. The third kappa shape index (κ3) is 8.28. The van der Waals surface area contributed by atoms with Gasteiger partial charge in [-0.25, -0.2) is 0 Å². The lowest BCUT2D eigenvalue weighted by Gasteiger charge is -2.32. The number of rotatable bonds is 11. The van der Waals surface area contributed by atoms with Crippen molar-refractivity contribution in [2.24, 2.45) is 0 Å². The van der Waals surface area contributed by atoms with Crippen molar-refractivity contribution < 1.29 is 9.59 Å². The second-order valence-electron chi connectivity index (χ2n) is 8.41. The summed E-state index contributed by atoms with van der Waals surface area (Å²) in [6, 6.07) is 21.3. The first-order valence-electron chi connectivity index (χ1n) is 11.7. The molecule has 0 spiro atoms. The van der Waals surface area contributed by atoms with Crippen molar-refractivity contribution in [3.8, 4) is 0 Å². The number of benzene rings is 3. The van der Waals surface area contributed by atoms with Crippen molar-refractivity contribution in [1.29, 1.82) is 0 Å². The van der Waals surface area contributed by atoms with Crippen molar-refractivity contribution in [2.75, 3.05) is 6.54 Å². The van der Waals surface area contributed by atoms with Crippen LogP contribution < -0.4 is 5.32 Å². The summed E-state index contributed by atoms with van der Waals surface area (Å²) in [5.41, 5.74) is 2.51. The minimum atomic E-state index is -0.708. The number of nitrogens with one attached hydrogen (secondary N) is 1. The first-order chi connectivity index (χ1) is 16.9. The van der Waals surface area contributed by atoms with E-state index in [0.29, 0.717) is 28.0 Å². The molecule has 0 aliphatic heterocycles. The molecule has 2 amide bonds. The second-order valence-corrected chi connectivity index (χ2v) is 9.69. The van der Waals surface area contributed by atoms with Crippen molar-refractivity contribution in [3.63, 3.8) is 0 Å². The molecule has 0 unspecified atom stereocenters. The average Bonchev–Trinajstić information content (AvgIpc) is 2.84. The van der Waals surface area contributed by atoms with Crippen LogP contribution in [0.1, 0.15) is 36.5 Å². The SMILES string of the molecule is CCCCNC(=O)[C@H](Cc1ccccc1)N(Cc1ccc(Cl)cc1Cl)C(=O)Cc1ccc(Cl)cc1. The molecule has 4 nitrogen and oxygen atoms in total. The molecule has 0 fully saturated rings. The van der Waals surface area contributed by atoms with E-state index in [2.05, 4.69) is 12.2 Å². The van der Waals surface area contributed by atoms with Gasteiger partial charge in [0.25, 0.3) is 0 Å². The molecule has 7 heteroatoms. The highest BCUT2D eigenvalue weighted by molar-refractivity contribution is 6.35. The summed E-state index contributed by atoms with van der Waals surface area (Å²) in [5.74, 6) is -0.359. The van der Waals surface area contributed by atoms with Crippen molar-refractivity contribution in [2.45, 2.75) is 45.2 Å². The molecule has 0 aromatic heterocycles. The Kier molecular flexibility index (Phi) is 10.5. The molecule has 0 saturated carbocycles. The third-order valence-electron chi connectivity index (χ3n) is 5.73. The van der Waals surface area contributed by atoms with E-state index in [-0.39, 0.29) is 24.8 Å². The molecule has 1 atom stereocenters. The van der Waals surface area contributed by atoms with Crippen molar-refractivity contribution >= 4 is 46.6 Å². The van der Waals surface area contributed by atoms with Crippen LogP contribution >= 0.6 is 34.8 Å². The van der Waals surface area contributed by atoms with Gasteiger partial charge in [0.15, 0.2) is 0 Å². The fraction of sp³-hybridized carbons (Fsp3) is 0.286. The lowest BCUT2D eigenvalue weighted by atomic mass is 10.0. The number of hydrogen-bond acceptors (Lipinski definition) is 2. The van der Waals surface area contributed by atoms with Gasteiger partial charge in [-0.05, 0) is 47.4 Å². The molecule has 0 radical (unpaired) electrons. The van der Waals surface area contributed by atoms with E-state index in [4.69, 9.17) is 34.8 Å². The van der Waals surface area contributed by atoms with Gasteiger partial charge in [0.05, 0.1) is 6.42 Å². The highest BCUT2D eigenvalue weighted by atomic mass is 35.5. The van der Waals surface area contributed by atoms with Gasteiger partial charge in [-0.3, -0.25) is 9.59 Å².